The van der Waals surface area contributed by atoms with Gasteiger partial charge in [-0.15, -0.1) is 0 Å². The molecule has 0 bridgehead atoms. The summed E-state index contributed by atoms with van der Waals surface area (Å²) in [6, 6.07) is 20.0. The van der Waals surface area contributed by atoms with Crippen LogP contribution >= 0.6 is 15.9 Å². The fourth-order valence-corrected chi connectivity index (χ4v) is 5.03. The highest BCUT2D eigenvalue weighted by Crippen LogP contribution is 2.49. The number of nitro benzene ring substituents is 1. The molecule has 3 aromatic rings. The third-order valence-corrected chi connectivity index (χ3v) is 7.15. The lowest BCUT2D eigenvalue weighted by molar-refractivity contribution is -0.384. The molecule has 0 saturated carbocycles. The molecule has 0 unspecified atom stereocenters. The number of para-hydroxylation sites is 1. The number of rotatable bonds is 4. The molecule has 0 aromatic heterocycles. The van der Waals surface area contributed by atoms with Crippen LogP contribution in [0.5, 0.6) is 0 Å². The highest BCUT2D eigenvalue weighted by atomic mass is 79.9. The van der Waals surface area contributed by atoms with Crippen molar-refractivity contribution in [2.24, 2.45) is 0 Å². The van der Waals surface area contributed by atoms with Gasteiger partial charge in [0.25, 0.3) is 0 Å². The molecule has 0 radical (unpaired) electrons. The Labute approximate surface area is 192 Å². The maximum absolute atomic E-state index is 11.7. The molecule has 4 nitrogen and oxygen atoms in total. The van der Waals surface area contributed by atoms with Gasteiger partial charge in [-0.25, -0.2) is 0 Å². The Balaban J connectivity index is 1.96. The first-order chi connectivity index (χ1) is 14.6. The van der Waals surface area contributed by atoms with E-state index < -0.39 is 0 Å². The molecule has 160 valence electrons. The normalized spacial score (nSPS) is 16.4. The van der Waals surface area contributed by atoms with Crippen molar-refractivity contribution in [2.75, 3.05) is 5.32 Å². The topological polar surface area (TPSA) is 55.2 Å². The summed E-state index contributed by atoms with van der Waals surface area (Å²) in [5.41, 5.74) is 6.33. The van der Waals surface area contributed by atoms with Crippen molar-refractivity contribution in [3.05, 3.63) is 86.4 Å². The minimum absolute atomic E-state index is 0.0406. The Bertz CT molecular complexity index is 1150. The van der Waals surface area contributed by atoms with Crippen molar-refractivity contribution in [3.63, 3.8) is 0 Å². The highest BCUT2D eigenvalue weighted by molar-refractivity contribution is 9.10. The average molecular weight is 479 g/mol. The van der Waals surface area contributed by atoms with Crippen LogP contribution in [0, 0.1) is 10.1 Å². The number of anilines is 2. The summed E-state index contributed by atoms with van der Waals surface area (Å²) in [5.74, 6) is 0. The molecule has 1 aliphatic carbocycles. The zero-order chi connectivity index (χ0) is 22.4. The molecule has 0 atom stereocenters. The molecular formula is C26H27BrN2O2. The molecule has 5 heteroatoms. The van der Waals surface area contributed by atoms with Crippen molar-refractivity contribution in [2.45, 2.75) is 51.4 Å². The standard InChI is InChI=1S/C26H27BrN2O2/c1-25(2)13-14-26(3,4)20-16-23(18(15-19(20)25)17-9-6-5-7-10-17)28-22-12-8-11-21(27)24(22)29(30)31/h5-12,15-16,28H,13-14H2,1-4H3. The summed E-state index contributed by atoms with van der Waals surface area (Å²) < 4.78 is 0.461. The second-order valence-electron chi connectivity index (χ2n) is 9.60. The van der Waals surface area contributed by atoms with Crippen LogP contribution in [0.2, 0.25) is 0 Å². The van der Waals surface area contributed by atoms with Crippen molar-refractivity contribution in [1.82, 2.24) is 0 Å². The first-order valence-corrected chi connectivity index (χ1v) is 11.3. The molecule has 0 aliphatic heterocycles. The zero-order valence-electron chi connectivity index (χ0n) is 18.3. The molecule has 1 aliphatic rings. The van der Waals surface area contributed by atoms with E-state index in [1.807, 2.05) is 24.3 Å². The molecule has 1 N–H and O–H groups in total. The summed E-state index contributed by atoms with van der Waals surface area (Å²) in [6.07, 6.45) is 2.24. The lowest BCUT2D eigenvalue weighted by Gasteiger charge is -2.42. The van der Waals surface area contributed by atoms with Crippen LogP contribution in [0.4, 0.5) is 17.1 Å². The van der Waals surface area contributed by atoms with E-state index in [2.05, 4.69) is 73.2 Å². The third-order valence-electron chi connectivity index (χ3n) is 6.51. The molecule has 0 spiro atoms. The maximum atomic E-state index is 11.7. The van der Waals surface area contributed by atoms with Gasteiger partial charge < -0.3 is 5.32 Å². The number of fused-ring (bicyclic) bond motifs is 1. The smallest absolute Gasteiger partial charge is 0.306 e. The van der Waals surface area contributed by atoms with E-state index in [1.165, 1.54) is 11.1 Å². The quantitative estimate of drug-likeness (QED) is 0.304. The van der Waals surface area contributed by atoms with E-state index in [0.717, 1.165) is 29.7 Å². The molecule has 0 saturated heterocycles. The molecular weight excluding hydrogens is 452 g/mol. The number of nitrogens with zero attached hydrogens (tertiary/aromatic N) is 1. The van der Waals surface area contributed by atoms with Gasteiger partial charge in [-0.3, -0.25) is 10.1 Å². The monoisotopic (exact) mass is 478 g/mol. The molecule has 4 rings (SSSR count). The van der Waals surface area contributed by atoms with E-state index >= 15 is 0 Å². The molecule has 0 amide bonds. The summed E-state index contributed by atoms with van der Waals surface area (Å²) in [7, 11) is 0. The van der Waals surface area contributed by atoms with Crippen LogP contribution in [-0.2, 0) is 10.8 Å². The number of hydrogen-bond donors (Lipinski definition) is 1. The van der Waals surface area contributed by atoms with Crippen LogP contribution in [0.25, 0.3) is 11.1 Å². The fraction of sp³-hybridized carbons (Fsp3) is 0.308. The van der Waals surface area contributed by atoms with Crippen LogP contribution in [0.15, 0.2) is 65.1 Å². The van der Waals surface area contributed by atoms with Gasteiger partial charge in [0.15, 0.2) is 0 Å². The zero-order valence-corrected chi connectivity index (χ0v) is 19.9. The summed E-state index contributed by atoms with van der Waals surface area (Å²) in [6.45, 7) is 9.19. The lowest BCUT2D eigenvalue weighted by atomic mass is 9.62. The Morgan fingerprint density at radius 2 is 1.48 bits per heavy atom. The van der Waals surface area contributed by atoms with Crippen molar-refractivity contribution >= 4 is 33.0 Å². The number of nitro groups is 1. The largest absolute Gasteiger partial charge is 0.349 e. The summed E-state index contributed by atoms with van der Waals surface area (Å²) >= 11 is 3.34. The van der Waals surface area contributed by atoms with Crippen LogP contribution in [-0.4, -0.2) is 4.92 Å². The van der Waals surface area contributed by atoms with E-state index in [0.29, 0.717) is 10.2 Å². The maximum Gasteiger partial charge on any atom is 0.306 e. The lowest BCUT2D eigenvalue weighted by Crippen LogP contribution is -2.34. The Morgan fingerprint density at radius 3 is 2.10 bits per heavy atom. The van der Waals surface area contributed by atoms with Gasteiger partial charge in [0.1, 0.15) is 5.69 Å². The minimum atomic E-state index is -0.347. The van der Waals surface area contributed by atoms with Crippen molar-refractivity contribution in [1.29, 1.82) is 0 Å². The van der Waals surface area contributed by atoms with E-state index in [1.54, 1.807) is 12.1 Å². The van der Waals surface area contributed by atoms with Crippen LogP contribution in [0.3, 0.4) is 0 Å². The Kier molecular flexibility index (Phi) is 5.42. The predicted molar refractivity (Wildman–Crippen MR) is 131 cm³/mol. The summed E-state index contributed by atoms with van der Waals surface area (Å²) in [4.78, 5) is 11.4. The molecule has 31 heavy (non-hydrogen) atoms. The number of nitrogens with one attached hydrogen (secondary N) is 1. The Morgan fingerprint density at radius 1 is 0.871 bits per heavy atom. The van der Waals surface area contributed by atoms with Gasteiger partial charge in [-0.1, -0.05) is 64.1 Å². The molecule has 0 fully saturated rings. The van der Waals surface area contributed by atoms with Gasteiger partial charge in [0.05, 0.1) is 9.40 Å². The first kappa shape index (κ1) is 21.6. The van der Waals surface area contributed by atoms with Crippen molar-refractivity contribution in [3.8, 4) is 11.1 Å². The minimum Gasteiger partial charge on any atom is -0.349 e. The number of halogens is 1. The number of benzene rings is 3. The molecule has 3 aromatic carbocycles. The second-order valence-corrected chi connectivity index (χ2v) is 10.4. The van der Waals surface area contributed by atoms with E-state index in [9.17, 15) is 10.1 Å². The predicted octanol–water partition coefficient (Wildman–Crippen LogP) is 8.12. The van der Waals surface area contributed by atoms with Gasteiger partial charge in [-0.2, -0.15) is 0 Å². The average Bonchev–Trinajstić information content (AvgIpc) is 2.72. The van der Waals surface area contributed by atoms with E-state index in [-0.39, 0.29) is 21.4 Å². The van der Waals surface area contributed by atoms with Crippen molar-refractivity contribution < 1.29 is 4.92 Å². The molecule has 0 heterocycles. The third kappa shape index (κ3) is 3.99. The second kappa shape index (κ2) is 7.79. The van der Waals surface area contributed by atoms with Gasteiger partial charge in [-0.05, 0) is 80.6 Å². The first-order valence-electron chi connectivity index (χ1n) is 10.5. The van der Waals surface area contributed by atoms with E-state index in [4.69, 9.17) is 0 Å². The van der Waals surface area contributed by atoms with Gasteiger partial charge in [0, 0.05) is 11.3 Å². The number of hydrogen-bond acceptors (Lipinski definition) is 3. The SMILES string of the molecule is CC1(C)CCC(C)(C)c2cc(-c3ccccc3)c(Nc3cccc(Br)c3[N+](=O)[O-])cc21. The van der Waals surface area contributed by atoms with Gasteiger partial charge in [0.2, 0.25) is 0 Å². The van der Waals surface area contributed by atoms with Crippen LogP contribution in [0.1, 0.15) is 51.7 Å². The van der Waals surface area contributed by atoms with Crippen LogP contribution < -0.4 is 5.32 Å². The highest BCUT2D eigenvalue weighted by Gasteiger charge is 2.38. The summed E-state index contributed by atoms with van der Waals surface area (Å²) in [5, 5.41) is 15.1. The Hall–Kier alpha value is -2.66. The van der Waals surface area contributed by atoms with Gasteiger partial charge >= 0.3 is 5.69 Å². The fourth-order valence-electron chi connectivity index (χ4n) is 4.52.